The summed E-state index contributed by atoms with van der Waals surface area (Å²) in [6.07, 6.45) is 0. The fourth-order valence-corrected chi connectivity index (χ4v) is 24.7. The monoisotopic (exact) mass is 1970 g/mol. The molecule has 0 N–H and O–H groups in total. The third-order valence-electron chi connectivity index (χ3n) is 25.7. The van der Waals surface area contributed by atoms with Crippen molar-refractivity contribution in [2.45, 2.75) is 0 Å². The number of hydrogen-bond acceptors (Lipinski definition) is 9. The van der Waals surface area contributed by atoms with Crippen LogP contribution in [0, 0.1) is 0 Å². The summed E-state index contributed by atoms with van der Waals surface area (Å²) >= 11 is 3.11. The molecule has 0 saturated carbocycles. The number of nitrogens with zero attached hydrogens (tertiary/aromatic N) is 9. The Morgan fingerprint density at radius 1 is 0.137 bits per heavy atom. The van der Waals surface area contributed by atoms with Crippen LogP contribution in [-0.4, -0.2) is 89.9 Å². The van der Waals surface area contributed by atoms with Gasteiger partial charge in [-0.05, 0) is 0 Å². The number of benzene rings is 21. The third kappa shape index (κ3) is 17.3. The van der Waals surface area contributed by atoms with Crippen molar-refractivity contribution in [2.75, 3.05) is 0 Å². The number of fused-ring (bicyclic) bond motifs is 11. The molecule has 0 spiro atoms. The first-order valence-electron chi connectivity index (χ1n) is 46.3. The quantitative estimate of drug-likeness (QED) is 0.0731. The Labute approximate surface area is 823 Å². The molecule has 0 unspecified atom stereocenters. The van der Waals surface area contributed by atoms with Crippen molar-refractivity contribution in [3.63, 3.8) is 0 Å². The van der Waals surface area contributed by atoms with Crippen LogP contribution in [0.25, 0.3) is 251 Å². The molecular formula is C127H81N9Se3. The molecule has 652 valence electrons. The van der Waals surface area contributed by atoms with Gasteiger partial charge in [0.05, 0.1) is 0 Å². The van der Waals surface area contributed by atoms with E-state index < -0.39 is 0 Å². The van der Waals surface area contributed by atoms with E-state index in [4.69, 9.17) is 44.9 Å². The van der Waals surface area contributed by atoms with Crippen LogP contribution in [0.3, 0.4) is 0 Å². The van der Waals surface area contributed by atoms with Crippen molar-refractivity contribution in [3.8, 4) is 169 Å². The van der Waals surface area contributed by atoms with Crippen molar-refractivity contribution < 1.29 is 0 Å². The minimum absolute atomic E-state index is 0.144. The Kier molecular flexibility index (Phi) is 23.2. The molecule has 139 heavy (non-hydrogen) atoms. The van der Waals surface area contributed by atoms with Crippen LogP contribution in [0.5, 0.6) is 0 Å². The zero-order valence-corrected chi connectivity index (χ0v) is 80.3. The zero-order valence-electron chi connectivity index (χ0n) is 75.0. The molecule has 0 fully saturated rings. The van der Waals surface area contributed by atoms with Gasteiger partial charge in [-0.25, -0.2) is 0 Å². The molecule has 12 heteroatoms. The molecule has 9 nitrogen and oxygen atoms in total. The van der Waals surface area contributed by atoms with Gasteiger partial charge in [0.15, 0.2) is 0 Å². The summed E-state index contributed by atoms with van der Waals surface area (Å²) < 4.78 is 6.67. The predicted octanol–water partition coefficient (Wildman–Crippen LogP) is 30.5. The standard InChI is InChI=1S/2C43H27N3Se.C41H27N3Se/c1-3-11-28(12-4-1)32-17-9-18-34(26-32)42-44-41(30-14-5-2-6-15-30)45-43(46-42)35-23-24-37-38-20-10-19-36(40(38)47-39(37)27-35)33-22-21-29-13-7-8-16-31(29)25-33;1-3-10-28(11-4-1)30-18-21-32(22-19-30)42-44-41(31-13-5-2-6-14-31)45-43(46-42)35-24-25-39-38(27-35)37-17-9-16-36(40(37)47-39)34-23-20-29-12-7-8-15-33(29)26-34;45-38-33(29-18-11-19-30(25-29)37-26-31-17-7-8-20-32(31)34-21-9-10-22-35(34)37)23-12-24-36(38)41-43-39(27-13-3-1-4-14-27)42-40(44-41)28-15-5-2-6-16-28/h2*1-27H;1-26,45H. The van der Waals surface area contributed by atoms with Crippen LogP contribution in [-0.2, 0) is 0 Å². The summed E-state index contributed by atoms with van der Waals surface area (Å²) in [6.45, 7) is 0. The molecule has 5 heterocycles. The number of hydrogen-bond donors (Lipinski definition) is 0. The summed E-state index contributed by atoms with van der Waals surface area (Å²) in [7, 11) is 0. The van der Waals surface area contributed by atoms with Gasteiger partial charge in [-0.3, -0.25) is 0 Å². The van der Waals surface area contributed by atoms with Gasteiger partial charge in [0, 0.05) is 0 Å². The summed E-state index contributed by atoms with van der Waals surface area (Å²) in [5.74, 6) is 5.99. The Morgan fingerprint density at radius 2 is 0.439 bits per heavy atom. The van der Waals surface area contributed by atoms with E-state index in [0.717, 1.165) is 82.4 Å². The first-order valence-corrected chi connectivity index (χ1v) is 50.7. The SMILES string of the molecule is [SeH]c1c(-c2cccc(-c3cc4ccccc4c4ccccc34)c2)cccc1-c1nc(-c2ccccc2)nc(-c2ccccc2)n1.c1ccc(-c2ccc(-c3nc(-c4ccccc4)nc(-c4ccc5[se]c6c(-c7ccc8ccccc8c7)cccc6c5c4)n3)cc2)cc1.c1ccc(-c2cccc(-c3nc(-c4ccccc4)nc(-c4ccc5c(c4)[se]c4c(-c6ccc7ccccc7c6)cccc45)n3)c2)cc1. The van der Waals surface area contributed by atoms with E-state index in [1.54, 1.807) is 0 Å². The van der Waals surface area contributed by atoms with Crippen molar-refractivity contribution in [1.29, 1.82) is 0 Å². The van der Waals surface area contributed by atoms with Gasteiger partial charge < -0.3 is 0 Å². The van der Waals surface area contributed by atoms with Crippen LogP contribution in [0.15, 0.2) is 485 Å². The molecule has 0 aliphatic rings. The molecule has 0 atom stereocenters. The van der Waals surface area contributed by atoms with Crippen LogP contribution in [0.4, 0.5) is 0 Å². The van der Waals surface area contributed by atoms with Gasteiger partial charge in [-0.15, -0.1) is 0 Å². The average molecular weight is 1970 g/mol. The molecule has 26 rings (SSSR count). The summed E-state index contributed by atoms with van der Waals surface area (Å²) in [6, 6.07) is 171. The van der Waals surface area contributed by atoms with Gasteiger partial charge in [0.1, 0.15) is 0 Å². The van der Waals surface area contributed by atoms with Crippen molar-refractivity contribution in [1.82, 2.24) is 44.9 Å². The molecular weight excluding hydrogens is 1890 g/mol. The van der Waals surface area contributed by atoms with Gasteiger partial charge in [-0.2, -0.15) is 0 Å². The number of aromatic nitrogens is 9. The Morgan fingerprint density at radius 3 is 0.964 bits per heavy atom. The third-order valence-corrected chi connectivity index (χ3v) is 31.8. The van der Waals surface area contributed by atoms with Gasteiger partial charge in [-0.1, -0.05) is 36.4 Å². The molecule has 21 aromatic carbocycles. The van der Waals surface area contributed by atoms with E-state index in [9.17, 15) is 0 Å². The van der Waals surface area contributed by atoms with E-state index in [-0.39, 0.29) is 29.0 Å². The topological polar surface area (TPSA) is 116 Å². The van der Waals surface area contributed by atoms with E-state index in [2.05, 4.69) is 392 Å². The summed E-state index contributed by atoms with van der Waals surface area (Å²) in [5.41, 5.74) is 23.2. The minimum atomic E-state index is 0.144. The van der Waals surface area contributed by atoms with Crippen LogP contribution < -0.4 is 4.46 Å². The van der Waals surface area contributed by atoms with Gasteiger partial charge in [0.25, 0.3) is 0 Å². The van der Waals surface area contributed by atoms with Gasteiger partial charge in [0.2, 0.25) is 0 Å². The second-order valence-electron chi connectivity index (χ2n) is 34.4. The first-order chi connectivity index (χ1) is 68.8. The predicted molar refractivity (Wildman–Crippen MR) is 582 cm³/mol. The maximum absolute atomic E-state index is 5.09. The van der Waals surface area contributed by atoms with Crippen LogP contribution in [0.1, 0.15) is 0 Å². The second-order valence-corrected chi connectivity index (χ2v) is 39.7. The average Bonchev–Trinajstić information content (AvgIpc) is 1.70. The molecule has 26 aromatic rings. The van der Waals surface area contributed by atoms with Crippen LogP contribution in [0.2, 0.25) is 0 Å². The van der Waals surface area contributed by atoms with E-state index in [1.807, 2.05) is 109 Å². The second kappa shape index (κ2) is 37.8. The number of rotatable bonds is 15. The molecule has 0 aliphatic heterocycles. The summed E-state index contributed by atoms with van der Waals surface area (Å²) in [5, 5.41) is 15.3. The van der Waals surface area contributed by atoms with Crippen molar-refractivity contribution in [3.05, 3.63) is 485 Å². The maximum atomic E-state index is 5.09. The Hall–Kier alpha value is -16.8. The van der Waals surface area contributed by atoms with E-state index >= 15 is 0 Å². The zero-order chi connectivity index (χ0) is 92.5. The fourth-order valence-electron chi connectivity index (χ4n) is 18.7. The molecule has 0 radical (unpaired) electrons. The van der Waals surface area contributed by atoms with E-state index in [0.29, 0.717) is 52.4 Å². The normalized spacial score (nSPS) is 11.3. The molecule has 0 saturated heterocycles. The van der Waals surface area contributed by atoms with Crippen molar-refractivity contribution >= 4 is 131 Å². The van der Waals surface area contributed by atoms with Crippen LogP contribution >= 0.6 is 0 Å². The van der Waals surface area contributed by atoms with Crippen molar-refractivity contribution in [2.24, 2.45) is 0 Å². The Bertz CT molecular complexity index is 9080. The Balaban J connectivity index is 0.000000113. The van der Waals surface area contributed by atoms with E-state index in [1.165, 1.54) is 121 Å². The fraction of sp³-hybridized carbons (Fsp3) is 0. The van der Waals surface area contributed by atoms with Gasteiger partial charge >= 0.3 is 794 Å². The summed E-state index contributed by atoms with van der Waals surface area (Å²) in [4.78, 5) is 45.0. The first kappa shape index (κ1) is 85.2. The molecule has 5 aromatic heterocycles. The molecule has 0 bridgehead atoms. The molecule has 0 aliphatic carbocycles. The molecule has 0 amide bonds.